The van der Waals surface area contributed by atoms with Crippen LogP contribution in [0.1, 0.15) is 42.2 Å². The number of nitrogens with one attached hydrogen (secondary N) is 1. The Balaban J connectivity index is 1.78. The number of esters is 1. The molecule has 0 aliphatic heterocycles. The van der Waals surface area contributed by atoms with Gasteiger partial charge in [0.25, 0.3) is 0 Å². The zero-order valence-electron chi connectivity index (χ0n) is 16.7. The SMILES string of the molecule is CCOC(=O)c1cn(-c2ccnc(NC3CCC3)n2)c(-c2cccc(C(F)(F)F)c2)n1. The highest BCUT2D eigenvalue weighted by atomic mass is 19.4. The molecule has 31 heavy (non-hydrogen) atoms. The van der Waals surface area contributed by atoms with Crippen molar-refractivity contribution in [3.05, 3.63) is 54.0 Å². The monoisotopic (exact) mass is 431 g/mol. The molecule has 162 valence electrons. The van der Waals surface area contributed by atoms with Gasteiger partial charge in [-0.15, -0.1) is 0 Å². The predicted molar refractivity (Wildman–Crippen MR) is 107 cm³/mol. The van der Waals surface area contributed by atoms with Gasteiger partial charge in [0.2, 0.25) is 5.95 Å². The molecule has 4 rings (SSSR count). The molecule has 0 bridgehead atoms. The number of rotatable bonds is 6. The third kappa shape index (κ3) is 4.52. The van der Waals surface area contributed by atoms with Crippen LogP contribution in [0.15, 0.2) is 42.7 Å². The number of halogens is 3. The van der Waals surface area contributed by atoms with E-state index in [9.17, 15) is 18.0 Å². The molecular formula is C21H20F3N5O2. The second-order valence-electron chi connectivity index (χ2n) is 7.13. The van der Waals surface area contributed by atoms with Crippen molar-refractivity contribution >= 4 is 11.9 Å². The number of aromatic nitrogens is 4. The van der Waals surface area contributed by atoms with E-state index in [0.29, 0.717) is 17.8 Å². The number of hydrogen-bond acceptors (Lipinski definition) is 6. The molecule has 0 unspecified atom stereocenters. The molecule has 0 radical (unpaired) electrons. The fourth-order valence-electron chi connectivity index (χ4n) is 3.18. The van der Waals surface area contributed by atoms with Crippen LogP contribution in [0.3, 0.4) is 0 Å². The molecule has 0 saturated heterocycles. The summed E-state index contributed by atoms with van der Waals surface area (Å²) < 4.78 is 46.1. The number of carbonyl (C=O) groups is 1. The van der Waals surface area contributed by atoms with Gasteiger partial charge in [-0.1, -0.05) is 12.1 Å². The molecule has 10 heteroatoms. The number of carbonyl (C=O) groups excluding carboxylic acids is 1. The van der Waals surface area contributed by atoms with Gasteiger partial charge in [-0.05, 0) is 44.4 Å². The van der Waals surface area contributed by atoms with Crippen LogP contribution in [-0.4, -0.2) is 38.1 Å². The van der Waals surface area contributed by atoms with E-state index in [0.717, 1.165) is 31.4 Å². The standard InChI is InChI=1S/C21H20F3N5O2/c1-2-31-19(30)16-12-29(17-9-10-25-20(28-17)26-15-7-4-8-15)18(27-16)13-5-3-6-14(11-13)21(22,23)24/h3,5-6,9-12,15H,2,4,7-8H2,1H3,(H,25,26,28). The Kier molecular flexibility index (Phi) is 5.62. The van der Waals surface area contributed by atoms with Crippen LogP contribution < -0.4 is 5.32 Å². The van der Waals surface area contributed by atoms with Crippen LogP contribution in [-0.2, 0) is 10.9 Å². The van der Waals surface area contributed by atoms with E-state index in [1.54, 1.807) is 19.2 Å². The summed E-state index contributed by atoms with van der Waals surface area (Å²) in [5, 5.41) is 3.23. The van der Waals surface area contributed by atoms with Crippen molar-refractivity contribution in [2.75, 3.05) is 11.9 Å². The molecule has 1 aromatic carbocycles. The average Bonchev–Trinajstić information content (AvgIpc) is 3.16. The highest BCUT2D eigenvalue weighted by Crippen LogP contribution is 2.32. The first-order chi connectivity index (χ1) is 14.8. The summed E-state index contributed by atoms with van der Waals surface area (Å²) in [6, 6.07) is 6.66. The molecule has 1 saturated carbocycles. The lowest BCUT2D eigenvalue weighted by atomic mass is 9.93. The van der Waals surface area contributed by atoms with Gasteiger partial charge in [-0.3, -0.25) is 4.57 Å². The first kappa shape index (κ1) is 20.8. The van der Waals surface area contributed by atoms with Crippen molar-refractivity contribution in [3.63, 3.8) is 0 Å². The van der Waals surface area contributed by atoms with Gasteiger partial charge in [0.1, 0.15) is 11.6 Å². The highest BCUT2D eigenvalue weighted by Gasteiger charge is 2.31. The smallest absolute Gasteiger partial charge is 0.416 e. The van der Waals surface area contributed by atoms with Gasteiger partial charge in [0.05, 0.1) is 12.2 Å². The normalized spacial score (nSPS) is 14.2. The molecule has 0 amide bonds. The van der Waals surface area contributed by atoms with E-state index in [-0.39, 0.29) is 23.7 Å². The maximum Gasteiger partial charge on any atom is 0.416 e. The second-order valence-corrected chi connectivity index (χ2v) is 7.13. The van der Waals surface area contributed by atoms with Gasteiger partial charge in [-0.25, -0.2) is 14.8 Å². The number of anilines is 1. The van der Waals surface area contributed by atoms with Crippen LogP contribution >= 0.6 is 0 Å². The Morgan fingerprint density at radius 1 is 1.26 bits per heavy atom. The van der Waals surface area contributed by atoms with Crippen LogP contribution in [0.4, 0.5) is 19.1 Å². The fourth-order valence-corrected chi connectivity index (χ4v) is 3.18. The van der Waals surface area contributed by atoms with Crippen molar-refractivity contribution < 1.29 is 22.7 Å². The van der Waals surface area contributed by atoms with Gasteiger partial charge in [0.15, 0.2) is 5.69 Å². The number of imidazole rings is 1. The zero-order chi connectivity index (χ0) is 22.0. The number of ether oxygens (including phenoxy) is 1. The molecule has 1 fully saturated rings. The fraction of sp³-hybridized carbons (Fsp3) is 0.333. The summed E-state index contributed by atoms with van der Waals surface area (Å²) >= 11 is 0. The first-order valence-electron chi connectivity index (χ1n) is 9.89. The number of nitrogens with zero attached hydrogens (tertiary/aromatic N) is 4. The van der Waals surface area contributed by atoms with Crippen LogP contribution in [0.2, 0.25) is 0 Å². The lowest BCUT2D eigenvalue weighted by molar-refractivity contribution is -0.137. The molecule has 0 atom stereocenters. The van der Waals surface area contributed by atoms with Crippen molar-refractivity contribution in [1.82, 2.24) is 19.5 Å². The van der Waals surface area contributed by atoms with Gasteiger partial charge in [-0.2, -0.15) is 18.2 Å². The van der Waals surface area contributed by atoms with Gasteiger partial charge in [0, 0.05) is 24.0 Å². The molecule has 1 N–H and O–H groups in total. The molecule has 2 heterocycles. The maximum atomic E-state index is 13.2. The minimum absolute atomic E-state index is 0.0265. The molecule has 1 aliphatic rings. The summed E-state index contributed by atoms with van der Waals surface area (Å²) in [6.07, 6.45) is 1.64. The van der Waals surface area contributed by atoms with Gasteiger partial charge < -0.3 is 10.1 Å². The summed E-state index contributed by atoms with van der Waals surface area (Å²) in [5.74, 6) is 0.245. The van der Waals surface area contributed by atoms with Crippen molar-refractivity contribution in [1.29, 1.82) is 0 Å². The third-order valence-corrected chi connectivity index (χ3v) is 4.96. The molecule has 2 aromatic heterocycles. The Labute approximate surface area is 176 Å². The molecule has 3 aromatic rings. The summed E-state index contributed by atoms with van der Waals surface area (Å²) in [4.78, 5) is 25.2. The van der Waals surface area contributed by atoms with Crippen LogP contribution in [0.5, 0.6) is 0 Å². The Morgan fingerprint density at radius 2 is 2.06 bits per heavy atom. The number of benzene rings is 1. The predicted octanol–water partition coefficient (Wildman–Crippen LogP) is 4.49. The molecule has 7 nitrogen and oxygen atoms in total. The van der Waals surface area contributed by atoms with E-state index < -0.39 is 17.7 Å². The van der Waals surface area contributed by atoms with E-state index in [4.69, 9.17) is 4.74 Å². The van der Waals surface area contributed by atoms with Crippen LogP contribution in [0, 0.1) is 0 Å². The Bertz CT molecular complexity index is 1090. The average molecular weight is 431 g/mol. The molecule has 0 spiro atoms. The second kappa shape index (κ2) is 8.37. The Hall–Kier alpha value is -3.43. The van der Waals surface area contributed by atoms with Crippen molar-refractivity contribution in [3.8, 4) is 17.2 Å². The van der Waals surface area contributed by atoms with E-state index in [2.05, 4.69) is 20.3 Å². The summed E-state index contributed by atoms with van der Waals surface area (Å²) in [5.41, 5.74) is -0.647. The molecule has 1 aliphatic carbocycles. The topological polar surface area (TPSA) is 81.9 Å². The summed E-state index contributed by atoms with van der Waals surface area (Å²) in [7, 11) is 0. The Morgan fingerprint density at radius 3 is 2.74 bits per heavy atom. The largest absolute Gasteiger partial charge is 0.461 e. The number of alkyl halides is 3. The maximum absolute atomic E-state index is 13.2. The van der Waals surface area contributed by atoms with E-state index >= 15 is 0 Å². The van der Waals surface area contributed by atoms with Crippen LogP contribution in [0.25, 0.3) is 17.2 Å². The zero-order valence-corrected chi connectivity index (χ0v) is 16.7. The van der Waals surface area contributed by atoms with E-state index in [1.807, 2.05) is 0 Å². The van der Waals surface area contributed by atoms with Gasteiger partial charge >= 0.3 is 12.1 Å². The number of hydrogen-bond donors (Lipinski definition) is 1. The first-order valence-corrected chi connectivity index (χ1v) is 9.89. The summed E-state index contributed by atoms with van der Waals surface area (Å²) in [6.45, 7) is 1.80. The van der Waals surface area contributed by atoms with Crippen molar-refractivity contribution in [2.24, 2.45) is 0 Å². The lowest BCUT2D eigenvalue weighted by Gasteiger charge is -2.26. The van der Waals surface area contributed by atoms with E-state index in [1.165, 1.54) is 22.9 Å². The highest BCUT2D eigenvalue weighted by molar-refractivity contribution is 5.88. The minimum atomic E-state index is -4.51. The quantitative estimate of drug-likeness (QED) is 0.579. The lowest BCUT2D eigenvalue weighted by Crippen LogP contribution is -2.28. The minimum Gasteiger partial charge on any atom is -0.461 e. The third-order valence-electron chi connectivity index (χ3n) is 4.96. The van der Waals surface area contributed by atoms with Crippen molar-refractivity contribution in [2.45, 2.75) is 38.4 Å². The molecular weight excluding hydrogens is 411 g/mol.